The third-order valence-electron chi connectivity index (χ3n) is 5.20. The first kappa shape index (κ1) is 16.9. The van der Waals surface area contributed by atoms with Crippen molar-refractivity contribution in [1.29, 1.82) is 0 Å². The van der Waals surface area contributed by atoms with Crippen LogP contribution in [-0.2, 0) is 5.60 Å². The van der Waals surface area contributed by atoms with Gasteiger partial charge in [-0.25, -0.2) is 0 Å². The highest BCUT2D eigenvalue weighted by Crippen LogP contribution is 2.33. The third-order valence-corrected chi connectivity index (χ3v) is 5.20. The number of carbonyl (C=O) groups excluding carboxylic acids is 1. The van der Waals surface area contributed by atoms with E-state index in [0.29, 0.717) is 12.8 Å². The van der Waals surface area contributed by atoms with E-state index in [1.54, 1.807) is 0 Å². The molecule has 0 bridgehead atoms. The predicted molar refractivity (Wildman–Crippen MR) is 96.1 cm³/mol. The van der Waals surface area contributed by atoms with E-state index in [1.807, 2.05) is 68.4 Å². The third kappa shape index (κ3) is 3.42. The van der Waals surface area contributed by atoms with Gasteiger partial charge < -0.3 is 5.11 Å². The number of ketones is 1. The molecule has 0 saturated carbocycles. The van der Waals surface area contributed by atoms with Crippen LogP contribution in [0.15, 0.2) is 54.6 Å². The van der Waals surface area contributed by atoms with Crippen LogP contribution in [0.4, 0.5) is 0 Å². The van der Waals surface area contributed by atoms with E-state index in [-0.39, 0.29) is 11.8 Å². The van der Waals surface area contributed by atoms with Gasteiger partial charge in [-0.1, -0.05) is 60.2 Å². The molecule has 3 heteroatoms. The summed E-state index contributed by atoms with van der Waals surface area (Å²) in [6.07, 6.45) is 1.31. The fourth-order valence-electron chi connectivity index (χ4n) is 3.44. The van der Waals surface area contributed by atoms with Crippen molar-refractivity contribution in [3.63, 3.8) is 0 Å². The molecule has 1 fully saturated rings. The lowest BCUT2D eigenvalue weighted by atomic mass is 9.84. The largest absolute Gasteiger partial charge is 0.385 e. The van der Waals surface area contributed by atoms with Gasteiger partial charge in [0.15, 0.2) is 5.78 Å². The Balaban J connectivity index is 1.66. The minimum Gasteiger partial charge on any atom is -0.385 e. The maximum atomic E-state index is 12.7. The predicted octanol–water partition coefficient (Wildman–Crippen LogP) is 3.55. The summed E-state index contributed by atoms with van der Waals surface area (Å²) in [5.74, 6) is 0.153. The topological polar surface area (TPSA) is 40.5 Å². The Morgan fingerprint density at radius 2 is 1.62 bits per heavy atom. The number of hydrogen-bond donors (Lipinski definition) is 1. The fourth-order valence-corrected chi connectivity index (χ4v) is 3.44. The Morgan fingerprint density at radius 3 is 2.21 bits per heavy atom. The van der Waals surface area contributed by atoms with Crippen LogP contribution in [0.25, 0.3) is 0 Å². The van der Waals surface area contributed by atoms with Gasteiger partial charge >= 0.3 is 0 Å². The Kier molecular flexibility index (Phi) is 4.83. The van der Waals surface area contributed by atoms with Gasteiger partial charge in [0.25, 0.3) is 0 Å². The number of nitrogens with zero attached hydrogens (tertiary/aromatic N) is 1. The summed E-state index contributed by atoms with van der Waals surface area (Å²) in [6.45, 7) is 5.44. The van der Waals surface area contributed by atoms with E-state index >= 15 is 0 Å². The summed E-state index contributed by atoms with van der Waals surface area (Å²) in [6, 6.07) is 17.4. The SMILES string of the molecule is Cc1ccc(C(=O)C(C)N2CCC(O)(c3ccccc3)CC2)cc1. The molecule has 3 nitrogen and oxygen atoms in total. The zero-order valence-corrected chi connectivity index (χ0v) is 14.4. The first-order chi connectivity index (χ1) is 11.5. The number of piperidine rings is 1. The molecule has 1 atom stereocenters. The second-order valence-electron chi connectivity index (χ2n) is 6.84. The molecule has 0 aromatic heterocycles. The van der Waals surface area contributed by atoms with Gasteiger partial charge in [-0.15, -0.1) is 0 Å². The zero-order valence-electron chi connectivity index (χ0n) is 14.4. The molecule has 1 heterocycles. The number of Topliss-reactive ketones (excluding diaryl/α,β-unsaturated/α-hetero) is 1. The number of likely N-dealkylation sites (tertiary alicyclic amines) is 1. The van der Waals surface area contributed by atoms with Crippen LogP contribution in [0.5, 0.6) is 0 Å². The number of benzene rings is 2. The van der Waals surface area contributed by atoms with Crippen molar-refractivity contribution in [3.05, 3.63) is 71.3 Å². The molecule has 2 aromatic carbocycles. The average Bonchev–Trinajstić information content (AvgIpc) is 2.62. The Bertz CT molecular complexity index is 686. The van der Waals surface area contributed by atoms with Crippen molar-refractivity contribution in [2.24, 2.45) is 0 Å². The van der Waals surface area contributed by atoms with Crippen LogP contribution >= 0.6 is 0 Å². The lowest BCUT2D eigenvalue weighted by molar-refractivity contribution is -0.0318. The molecule has 1 unspecified atom stereocenters. The summed E-state index contributed by atoms with van der Waals surface area (Å²) in [4.78, 5) is 14.9. The van der Waals surface area contributed by atoms with Crippen LogP contribution in [-0.4, -0.2) is 34.9 Å². The molecule has 126 valence electrons. The smallest absolute Gasteiger partial charge is 0.179 e. The quantitative estimate of drug-likeness (QED) is 0.875. The summed E-state index contributed by atoms with van der Waals surface area (Å²) in [7, 11) is 0. The molecule has 1 saturated heterocycles. The summed E-state index contributed by atoms with van der Waals surface area (Å²) in [5.41, 5.74) is 2.12. The molecule has 0 radical (unpaired) electrons. The lowest BCUT2D eigenvalue weighted by Gasteiger charge is -2.40. The Morgan fingerprint density at radius 1 is 1.04 bits per heavy atom. The van der Waals surface area contributed by atoms with Gasteiger partial charge in [-0.2, -0.15) is 0 Å². The van der Waals surface area contributed by atoms with Crippen molar-refractivity contribution in [1.82, 2.24) is 4.90 Å². The summed E-state index contributed by atoms with van der Waals surface area (Å²) < 4.78 is 0. The minimum atomic E-state index is -0.773. The highest BCUT2D eigenvalue weighted by Gasteiger charge is 2.36. The maximum Gasteiger partial charge on any atom is 0.179 e. The molecular formula is C21H25NO2. The second kappa shape index (κ2) is 6.88. The van der Waals surface area contributed by atoms with Crippen LogP contribution in [0.2, 0.25) is 0 Å². The first-order valence-electron chi connectivity index (χ1n) is 8.62. The fraction of sp³-hybridized carbons (Fsp3) is 0.381. The highest BCUT2D eigenvalue weighted by atomic mass is 16.3. The molecule has 0 amide bonds. The van der Waals surface area contributed by atoms with Gasteiger partial charge in [0.2, 0.25) is 0 Å². The monoisotopic (exact) mass is 323 g/mol. The number of rotatable bonds is 4. The van der Waals surface area contributed by atoms with E-state index in [2.05, 4.69) is 4.90 Å². The van der Waals surface area contributed by atoms with E-state index in [4.69, 9.17) is 0 Å². The van der Waals surface area contributed by atoms with Gasteiger partial charge in [-0.3, -0.25) is 9.69 Å². The first-order valence-corrected chi connectivity index (χ1v) is 8.62. The number of carbonyl (C=O) groups is 1. The van der Waals surface area contributed by atoms with E-state index in [1.165, 1.54) is 0 Å². The zero-order chi connectivity index (χ0) is 17.2. The van der Waals surface area contributed by atoms with Gasteiger partial charge in [0.1, 0.15) is 0 Å². The molecule has 3 rings (SSSR count). The van der Waals surface area contributed by atoms with Crippen LogP contribution < -0.4 is 0 Å². The van der Waals surface area contributed by atoms with Crippen molar-refractivity contribution >= 4 is 5.78 Å². The van der Waals surface area contributed by atoms with Crippen LogP contribution in [0.1, 0.15) is 41.3 Å². The van der Waals surface area contributed by atoms with E-state index < -0.39 is 5.60 Å². The standard InChI is InChI=1S/C21H25NO2/c1-16-8-10-18(11-9-16)20(23)17(2)22-14-12-21(24,13-15-22)19-6-4-3-5-7-19/h3-11,17,24H,12-15H2,1-2H3. The normalized spacial score (nSPS) is 19.0. The Hall–Kier alpha value is -1.97. The number of hydrogen-bond acceptors (Lipinski definition) is 3. The van der Waals surface area contributed by atoms with Crippen LogP contribution in [0, 0.1) is 6.92 Å². The molecule has 1 aliphatic heterocycles. The summed E-state index contributed by atoms with van der Waals surface area (Å²) >= 11 is 0. The molecule has 0 aliphatic carbocycles. The summed E-state index contributed by atoms with van der Waals surface area (Å²) in [5, 5.41) is 10.9. The maximum absolute atomic E-state index is 12.7. The highest BCUT2D eigenvalue weighted by molar-refractivity contribution is 5.99. The van der Waals surface area contributed by atoms with Gasteiger partial charge in [-0.05, 0) is 32.3 Å². The molecule has 1 N–H and O–H groups in total. The number of aryl methyl sites for hydroxylation is 1. The van der Waals surface area contributed by atoms with Crippen molar-refractivity contribution in [2.75, 3.05) is 13.1 Å². The molecular weight excluding hydrogens is 298 g/mol. The molecule has 0 spiro atoms. The van der Waals surface area contributed by atoms with Gasteiger partial charge in [0.05, 0.1) is 11.6 Å². The number of aliphatic hydroxyl groups is 1. The average molecular weight is 323 g/mol. The Labute approximate surface area is 143 Å². The van der Waals surface area contributed by atoms with Crippen molar-refractivity contribution in [2.45, 2.75) is 38.3 Å². The van der Waals surface area contributed by atoms with Crippen molar-refractivity contribution < 1.29 is 9.90 Å². The van der Waals surface area contributed by atoms with Gasteiger partial charge in [0, 0.05) is 18.7 Å². The molecule has 2 aromatic rings. The molecule has 24 heavy (non-hydrogen) atoms. The lowest BCUT2D eigenvalue weighted by Crippen LogP contribution is -2.48. The minimum absolute atomic E-state index is 0.153. The second-order valence-corrected chi connectivity index (χ2v) is 6.84. The molecule has 1 aliphatic rings. The van der Waals surface area contributed by atoms with E-state index in [9.17, 15) is 9.90 Å². The van der Waals surface area contributed by atoms with Crippen molar-refractivity contribution in [3.8, 4) is 0 Å². The van der Waals surface area contributed by atoms with E-state index in [0.717, 1.165) is 29.8 Å². The van der Waals surface area contributed by atoms with Crippen LogP contribution in [0.3, 0.4) is 0 Å².